The van der Waals surface area contributed by atoms with Gasteiger partial charge in [0, 0.05) is 18.7 Å². The molecular weight excluding hydrogens is 429 g/mol. The van der Waals surface area contributed by atoms with Crippen LogP contribution in [0.25, 0.3) is 0 Å². The first kappa shape index (κ1) is 25.1. The van der Waals surface area contributed by atoms with Gasteiger partial charge < -0.3 is 20.7 Å². The topological polar surface area (TPSA) is 133 Å². The number of amides is 3. The van der Waals surface area contributed by atoms with E-state index in [1.54, 1.807) is 0 Å². The van der Waals surface area contributed by atoms with Crippen molar-refractivity contribution in [2.75, 3.05) is 6.54 Å². The van der Waals surface area contributed by atoms with Crippen molar-refractivity contribution < 1.29 is 37.6 Å². The zero-order chi connectivity index (χ0) is 23.8. The number of halogens is 3. The molecule has 0 aliphatic carbocycles. The van der Waals surface area contributed by atoms with Crippen molar-refractivity contribution in [3.63, 3.8) is 0 Å². The van der Waals surface area contributed by atoms with Gasteiger partial charge in [0.25, 0.3) is 5.91 Å². The van der Waals surface area contributed by atoms with Gasteiger partial charge in [0.2, 0.25) is 12.3 Å². The Morgan fingerprint density at radius 1 is 1.12 bits per heavy atom. The van der Waals surface area contributed by atoms with E-state index in [-0.39, 0.29) is 42.5 Å². The molecule has 0 bridgehead atoms. The molecule has 1 atom stereocenters. The molecule has 0 heterocycles. The molecule has 0 fully saturated rings. The van der Waals surface area contributed by atoms with Crippen LogP contribution in [0, 0.1) is 17.5 Å². The third kappa shape index (κ3) is 6.42. The van der Waals surface area contributed by atoms with Gasteiger partial charge in [-0.25, -0.2) is 13.2 Å². The number of rotatable bonds is 10. The summed E-state index contributed by atoms with van der Waals surface area (Å²) in [6.07, 6.45) is 0.0291. The molecule has 0 saturated heterocycles. The van der Waals surface area contributed by atoms with Gasteiger partial charge in [0.05, 0.1) is 6.04 Å². The predicted molar refractivity (Wildman–Crippen MR) is 110 cm³/mol. The molecule has 2 radical (unpaired) electrons. The van der Waals surface area contributed by atoms with Gasteiger partial charge in [0.1, 0.15) is 5.82 Å². The largest absolute Gasteiger partial charge is 0.450 e. The SMILES string of the molecule is N[C@@H](CCN(Cc1cc(F)c(F)c([B]O)c1)C(=O)c1cc(F)cc([B]O)c1)C(=O)NC=O. The Morgan fingerprint density at radius 3 is 2.47 bits per heavy atom. The molecule has 0 spiro atoms. The van der Waals surface area contributed by atoms with E-state index in [4.69, 9.17) is 15.8 Å². The highest BCUT2D eigenvalue weighted by Gasteiger charge is 2.22. The van der Waals surface area contributed by atoms with Crippen LogP contribution < -0.4 is 22.0 Å². The minimum atomic E-state index is -1.28. The number of imide groups is 1. The molecule has 5 N–H and O–H groups in total. The molecule has 32 heavy (non-hydrogen) atoms. The second-order valence-corrected chi connectivity index (χ2v) is 6.76. The van der Waals surface area contributed by atoms with Gasteiger partial charge in [-0.15, -0.1) is 0 Å². The van der Waals surface area contributed by atoms with Crippen molar-refractivity contribution >= 4 is 44.1 Å². The third-order valence-corrected chi connectivity index (χ3v) is 4.48. The molecule has 2 rings (SSSR count). The van der Waals surface area contributed by atoms with Crippen molar-refractivity contribution in [2.45, 2.75) is 19.0 Å². The highest BCUT2D eigenvalue weighted by atomic mass is 19.2. The minimum absolute atomic E-state index is 0.0142. The van der Waals surface area contributed by atoms with Crippen LogP contribution in [0.2, 0.25) is 0 Å². The summed E-state index contributed by atoms with van der Waals surface area (Å²) in [6, 6.07) is 3.86. The van der Waals surface area contributed by atoms with Gasteiger partial charge in [0.15, 0.2) is 11.6 Å². The molecule has 8 nitrogen and oxygen atoms in total. The first-order chi connectivity index (χ1) is 15.2. The summed E-state index contributed by atoms with van der Waals surface area (Å²) in [7, 11) is 0.965. The second kappa shape index (κ2) is 11.5. The normalized spacial score (nSPS) is 11.4. The lowest BCUT2D eigenvalue weighted by Gasteiger charge is -2.25. The summed E-state index contributed by atoms with van der Waals surface area (Å²) in [4.78, 5) is 36.2. The average molecular weight is 447 g/mol. The van der Waals surface area contributed by atoms with E-state index in [9.17, 15) is 27.6 Å². The van der Waals surface area contributed by atoms with Crippen LogP contribution in [-0.4, -0.2) is 60.7 Å². The molecule has 0 saturated carbocycles. The van der Waals surface area contributed by atoms with Gasteiger partial charge in [-0.3, -0.25) is 19.7 Å². The number of carbonyl (C=O) groups is 3. The van der Waals surface area contributed by atoms with Gasteiger partial charge in [-0.05, 0) is 35.6 Å². The fourth-order valence-corrected chi connectivity index (χ4v) is 2.91. The molecule has 0 aromatic heterocycles. The molecule has 0 aliphatic rings. The fraction of sp³-hybridized carbons (Fsp3) is 0.211. The lowest BCUT2D eigenvalue weighted by Crippen LogP contribution is -2.43. The lowest BCUT2D eigenvalue weighted by molar-refractivity contribution is -0.126. The standard InChI is InChI=1S/C19H18B2F3N3O5/c22-13-6-11(5-12(7-13)20-31)19(30)27(2-1-16(25)18(29)26-9-28)8-10-3-14(21-32)17(24)15(23)4-10/h3-7,9,16,31-32H,1-2,8,25H2,(H,26,28,29)/t16-/m0/s1. The van der Waals surface area contributed by atoms with Crippen molar-refractivity contribution in [1.82, 2.24) is 10.2 Å². The number of nitrogens with zero attached hydrogens (tertiary/aromatic N) is 1. The van der Waals surface area contributed by atoms with Crippen LogP contribution in [0.1, 0.15) is 22.3 Å². The number of nitrogens with two attached hydrogens (primary N) is 1. The van der Waals surface area contributed by atoms with Crippen molar-refractivity contribution in [1.29, 1.82) is 0 Å². The molecule has 2 aromatic rings. The summed E-state index contributed by atoms with van der Waals surface area (Å²) >= 11 is 0. The Morgan fingerprint density at radius 2 is 1.84 bits per heavy atom. The van der Waals surface area contributed by atoms with E-state index in [1.165, 1.54) is 6.07 Å². The van der Waals surface area contributed by atoms with E-state index in [1.807, 2.05) is 5.32 Å². The van der Waals surface area contributed by atoms with E-state index in [0.717, 1.165) is 29.2 Å². The maximum atomic E-state index is 13.9. The Hall–Kier alpha value is -3.15. The minimum Gasteiger partial charge on any atom is -0.450 e. The molecule has 0 aliphatic heterocycles. The Kier molecular flexibility index (Phi) is 9.00. The molecule has 3 amide bonds. The van der Waals surface area contributed by atoms with Crippen molar-refractivity contribution in [3.8, 4) is 0 Å². The number of hydrogen-bond donors (Lipinski definition) is 4. The number of carbonyl (C=O) groups excluding carboxylic acids is 3. The Bertz CT molecular complexity index is 1010. The summed E-state index contributed by atoms with van der Waals surface area (Å²) in [5.74, 6) is -4.89. The van der Waals surface area contributed by atoms with E-state index in [2.05, 4.69) is 0 Å². The quantitative estimate of drug-likeness (QED) is 0.251. The van der Waals surface area contributed by atoms with Crippen LogP contribution >= 0.6 is 0 Å². The molecule has 0 unspecified atom stereocenters. The lowest BCUT2D eigenvalue weighted by atomic mass is 9.86. The first-order valence-electron chi connectivity index (χ1n) is 9.22. The van der Waals surface area contributed by atoms with Crippen LogP contribution in [0.5, 0.6) is 0 Å². The van der Waals surface area contributed by atoms with Gasteiger partial charge in [-0.2, -0.15) is 0 Å². The summed E-state index contributed by atoms with van der Waals surface area (Å²) in [6.45, 7) is -0.494. The fourth-order valence-electron chi connectivity index (χ4n) is 2.91. The van der Waals surface area contributed by atoms with Crippen LogP contribution in [0.3, 0.4) is 0 Å². The zero-order valence-corrected chi connectivity index (χ0v) is 16.6. The molecule has 2 aromatic carbocycles. The van der Waals surface area contributed by atoms with E-state index < -0.39 is 40.8 Å². The van der Waals surface area contributed by atoms with Gasteiger partial charge >= 0.3 is 15.0 Å². The first-order valence-corrected chi connectivity index (χ1v) is 9.22. The maximum absolute atomic E-state index is 13.9. The Balaban J connectivity index is 2.35. The van der Waals surface area contributed by atoms with Crippen molar-refractivity contribution in [2.24, 2.45) is 5.73 Å². The van der Waals surface area contributed by atoms with Crippen LogP contribution in [0.4, 0.5) is 13.2 Å². The zero-order valence-electron chi connectivity index (χ0n) is 16.6. The monoisotopic (exact) mass is 447 g/mol. The van der Waals surface area contributed by atoms with E-state index >= 15 is 0 Å². The summed E-state index contributed by atoms with van der Waals surface area (Å²) in [5.41, 5.74) is 5.19. The second-order valence-electron chi connectivity index (χ2n) is 6.76. The van der Waals surface area contributed by atoms with E-state index in [0.29, 0.717) is 15.0 Å². The molecular formula is C19H18B2F3N3O5. The third-order valence-electron chi connectivity index (χ3n) is 4.48. The summed E-state index contributed by atoms with van der Waals surface area (Å²) < 4.78 is 41.4. The Labute approximate surface area is 182 Å². The highest BCUT2D eigenvalue weighted by molar-refractivity contribution is 6.46. The highest BCUT2D eigenvalue weighted by Crippen LogP contribution is 2.14. The van der Waals surface area contributed by atoms with Crippen LogP contribution in [0.15, 0.2) is 30.3 Å². The maximum Gasteiger partial charge on any atom is 0.329 e. The number of hydrogen-bond acceptors (Lipinski definition) is 6. The van der Waals surface area contributed by atoms with Crippen LogP contribution in [-0.2, 0) is 16.1 Å². The number of benzene rings is 2. The average Bonchev–Trinajstić information content (AvgIpc) is 2.77. The molecule has 13 heteroatoms. The van der Waals surface area contributed by atoms with Gasteiger partial charge in [-0.1, -0.05) is 17.6 Å². The smallest absolute Gasteiger partial charge is 0.329 e. The molecule has 166 valence electrons. The number of nitrogens with one attached hydrogen (secondary N) is 1. The predicted octanol–water partition coefficient (Wildman–Crippen LogP) is -1.79. The summed E-state index contributed by atoms with van der Waals surface area (Å²) in [5, 5.41) is 20.1. The van der Waals surface area contributed by atoms with Crippen molar-refractivity contribution in [3.05, 3.63) is 58.9 Å².